The second kappa shape index (κ2) is 5.49. The standard InChI is InChI=1S/C16H20N2O2/c1-16(2,3)14(15(19)20)9-12-10-17-18(11-12)13-7-5-4-6-8-13/h4-8,10-11,14H,9H2,1-3H3,(H,19,20). The highest BCUT2D eigenvalue weighted by atomic mass is 16.4. The van der Waals surface area contributed by atoms with Crippen LogP contribution in [0.25, 0.3) is 5.69 Å². The van der Waals surface area contributed by atoms with Gasteiger partial charge in [-0.15, -0.1) is 0 Å². The van der Waals surface area contributed by atoms with Crippen molar-refractivity contribution in [3.05, 3.63) is 48.3 Å². The Morgan fingerprint density at radius 1 is 1.30 bits per heavy atom. The number of nitrogens with zero attached hydrogens (tertiary/aromatic N) is 2. The number of carbonyl (C=O) groups is 1. The normalized spacial score (nSPS) is 13.2. The lowest BCUT2D eigenvalue weighted by molar-refractivity contribution is -0.145. The zero-order valence-corrected chi connectivity index (χ0v) is 12.1. The van der Waals surface area contributed by atoms with Crippen LogP contribution >= 0.6 is 0 Å². The number of rotatable bonds is 4. The molecule has 1 N–H and O–H groups in total. The highest BCUT2D eigenvalue weighted by Gasteiger charge is 2.31. The van der Waals surface area contributed by atoms with Crippen molar-refractivity contribution < 1.29 is 9.90 Å². The van der Waals surface area contributed by atoms with E-state index in [-0.39, 0.29) is 5.41 Å². The van der Waals surface area contributed by atoms with Crippen molar-refractivity contribution in [1.29, 1.82) is 0 Å². The van der Waals surface area contributed by atoms with Gasteiger partial charge in [-0.05, 0) is 29.5 Å². The van der Waals surface area contributed by atoms with Crippen molar-refractivity contribution in [2.24, 2.45) is 11.3 Å². The molecule has 0 amide bonds. The summed E-state index contributed by atoms with van der Waals surface area (Å²) in [6.45, 7) is 5.86. The first kappa shape index (κ1) is 14.3. The van der Waals surface area contributed by atoms with Crippen molar-refractivity contribution >= 4 is 5.97 Å². The van der Waals surface area contributed by atoms with Crippen LogP contribution in [0.3, 0.4) is 0 Å². The molecule has 1 heterocycles. The smallest absolute Gasteiger partial charge is 0.307 e. The van der Waals surface area contributed by atoms with Gasteiger partial charge in [-0.2, -0.15) is 5.10 Å². The Hall–Kier alpha value is -2.10. The molecule has 0 bridgehead atoms. The largest absolute Gasteiger partial charge is 0.481 e. The number of aliphatic carboxylic acids is 1. The van der Waals surface area contributed by atoms with Gasteiger partial charge in [0.05, 0.1) is 17.8 Å². The van der Waals surface area contributed by atoms with Crippen LogP contribution in [0.4, 0.5) is 0 Å². The molecule has 1 atom stereocenters. The Morgan fingerprint density at radius 3 is 2.50 bits per heavy atom. The molecule has 0 spiro atoms. The summed E-state index contributed by atoms with van der Waals surface area (Å²) < 4.78 is 1.77. The van der Waals surface area contributed by atoms with E-state index in [2.05, 4.69) is 5.10 Å². The Morgan fingerprint density at radius 2 is 1.95 bits per heavy atom. The van der Waals surface area contributed by atoms with Gasteiger partial charge in [-0.3, -0.25) is 4.79 Å². The van der Waals surface area contributed by atoms with Crippen LogP contribution in [0.2, 0.25) is 0 Å². The van der Waals surface area contributed by atoms with Gasteiger partial charge in [-0.25, -0.2) is 4.68 Å². The Labute approximate surface area is 119 Å². The Balaban J connectivity index is 2.19. The van der Waals surface area contributed by atoms with Crippen molar-refractivity contribution in [3.8, 4) is 5.69 Å². The van der Waals surface area contributed by atoms with Gasteiger partial charge in [0.1, 0.15) is 0 Å². The fourth-order valence-corrected chi connectivity index (χ4v) is 2.19. The molecule has 0 radical (unpaired) electrons. The van der Waals surface area contributed by atoms with Gasteiger partial charge < -0.3 is 5.11 Å². The lowest BCUT2D eigenvalue weighted by Gasteiger charge is -2.26. The molecule has 1 aromatic carbocycles. The number of hydrogen-bond acceptors (Lipinski definition) is 2. The van der Waals surface area contributed by atoms with E-state index >= 15 is 0 Å². The molecule has 4 heteroatoms. The molecule has 1 aromatic heterocycles. The molecule has 4 nitrogen and oxygen atoms in total. The third kappa shape index (κ3) is 3.26. The number of carboxylic acids is 1. The number of carboxylic acid groups (broad SMARTS) is 1. The number of benzene rings is 1. The number of para-hydroxylation sites is 1. The van der Waals surface area contributed by atoms with E-state index in [1.807, 2.05) is 57.3 Å². The summed E-state index contributed by atoms with van der Waals surface area (Å²) in [5.74, 6) is -1.18. The van der Waals surface area contributed by atoms with E-state index in [9.17, 15) is 9.90 Å². The summed E-state index contributed by atoms with van der Waals surface area (Å²) in [4.78, 5) is 11.4. The average Bonchev–Trinajstić information content (AvgIpc) is 2.84. The average molecular weight is 272 g/mol. The molecule has 0 aliphatic heterocycles. The fraction of sp³-hybridized carbons (Fsp3) is 0.375. The van der Waals surface area contributed by atoms with Crippen LogP contribution in [0.1, 0.15) is 26.3 Å². The number of hydrogen-bond donors (Lipinski definition) is 1. The molecule has 1 unspecified atom stereocenters. The molecule has 0 aliphatic rings. The van der Waals surface area contributed by atoms with Crippen LogP contribution in [-0.4, -0.2) is 20.9 Å². The number of aromatic nitrogens is 2. The lowest BCUT2D eigenvalue weighted by atomic mass is 9.78. The topological polar surface area (TPSA) is 55.1 Å². The van der Waals surface area contributed by atoms with Crippen molar-refractivity contribution in [1.82, 2.24) is 9.78 Å². The third-order valence-electron chi connectivity index (χ3n) is 3.44. The van der Waals surface area contributed by atoms with E-state index in [1.54, 1.807) is 10.9 Å². The van der Waals surface area contributed by atoms with E-state index in [4.69, 9.17) is 0 Å². The van der Waals surface area contributed by atoms with Gasteiger partial charge in [0.2, 0.25) is 0 Å². The summed E-state index contributed by atoms with van der Waals surface area (Å²) in [5.41, 5.74) is 1.64. The van der Waals surface area contributed by atoms with E-state index in [0.717, 1.165) is 11.3 Å². The maximum atomic E-state index is 11.4. The summed E-state index contributed by atoms with van der Waals surface area (Å²) in [6.07, 6.45) is 4.14. The highest BCUT2D eigenvalue weighted by molar-refractivity contribution is 5.71. The molecule has 0 fully saturated rings. The van der Waals surface area contributed by atoms with Gasteiger partial charge in [0.25, 0.3) is 0 Å². The van der Waals surface area contributed by atoms with E-state index < -0.39 is 11.9 Å². The summed E-state index contributed by atoms with van der Waals surface area (Å²) in [7, 11) is 0. The predicted octanol–water partition coefficient (Wildman–Crippen LogP) is 3.16. The van der Waals surface area contributed by atoms with E-state index in [0.29, 0.717) is 6.42 Å². The quantitative estimate of drug-likeness (QED) is 0.930. The van der Waals surface area contributed by atoms with Crippen LogP contribution in [0, 0.1) is 11.3 Å². The fourth-order valence-electron chi connectivity index (χ4n) is 2.19. The molecule has 0 saturated carbocycles. The predicted molar refractivity (Wildman–Crippen MR) is 77.8 cm³/mol. The molecular formula is C16H20N2O2. The highest BCUT2D eigenvalue weighted by Crippen LogP contribution is 2.29. The van der Waals surface area contributed by atoms with Crippen molar-refractivity contribution in [3.63, 3.8) is 0 Å². The summed E-state index contributed by atoms with van der Waals surface area (Å²) in [5, 5.41) is 13.7. The SMILES string of the molecule is CC(C)(C)C(Cc1cnn(-c2ccccc2)c1)C(=O)O. The minimum atomic E-state index is -0.759. The molecule has 0 saturated heterocycles. The first-order valence-corrected chi connectivity index (χ1v) is 6.69. The first-order valence-electron chi connectivity index (χ1n) is 6.69. The summed E-state index contributed by atoms with van der Waals surface area (Å²) in [6, 6.07) is 9.79. The molecule has 106 valence electrons. The van der Waals surface area contributed by atoms with E-state index in [1.165, 1.54) is 0 Å². The lowest BCUT2D eigenvalue weighted by Crippen LogP contribution is -2.30. The zero-order chi connectivity index (χ0) is 14.8. The maximum Gasteiger partial charge on any atom is 0.307 e. The molecule has 2 rings (SSSR count). The van der Waals surface area contributed by atoms with Crippen LogP contribution < -0.4 is 0 Å². The molecular weight excluding hydrogens is 252 g/mol. The second-order valence-electron chi connectivity index (χ2n) is 6.09. The first-order chi connectivity index (χ1) is 9.38. The van der Waals surface area contributed by atoms with Crippen molar-refractivity contribution in [2.45, 2.75) is 27.2 Å². The second-order valence-corrected chi connectivity index (χ2v) is 6.09. The Bertz CT molecular complexity index is 582. The van der Waals surface area contributed by atoms with Crippen molar-refractivity contribution in [2.75, 3.05) is 0 Å². The van der Waals surface area contributed by atoms with Gasteiger partial charge >= 0.3 is 5.97 Å². The maximum absolute atomic E-state index is 11.4. The van der Waals surface area contributed by atoms with Crippen LogP contribution in [0.5, 0.6) is 0 Å². The Kier molecular flexibility index (Phi) is 3.93. The third-order valence-corrected chi connectivity index (χ3v) is 3.44. The minimum absolute atomic E-state index is 0.277. The minimum Gasteiger partial charge on any atom is -0.481 e. The van der Waals surface area contributed by atoms with Gasteiger partial charge in [0, 0.05) is 6.20 Å². The van der Waals surface area contributed by atoms with Gasteiger partial charge in [0.15, 0.2) is 0 Å². The zero-order valence-electron chi connectivity index (χ0n) is 12.1. The molecule has 2 aromatic rings. The molecule has 20 heavy (non-hydrogen) atoms. The van der Waals surface area contributed by atoms with Crippen LogP contribution in [-0.2, 0) is 11.2 Å². The van der Waals surface area contributed by atoms with Crippen LogP contribution in [0.15, 0.2) is 42.7 Å². The van der Waals surface area contributed by atoms with Gasteiger partial charge in [-0.1, -0.05) is 39.0 Å². The summed E-state index contributed by atoms with van der Waals surface area (Å²) >= 11 is 0. The monoisotopic (exact) mass is 272 g/mol. The molecule has 0 aliphatic carbocycles.